The summed E-state index contributed by atoms with van der Waals surface area (Å²) in [4.78, 5) is 18.2. The smallest absolute Gasteiger partial charge is 0.220 e. The van der Waals surface area contributed by atoms with Gasteiger partial charge in [0, 0.05) is 40.2 Å². The fourth-order valence-electron chi connectivity index (χ4n) is 3.26. The van der Waals surface area contributed by atoms with Crippen LogP contribution >= 0.6 is 24.0 Å². The number of nitrogens with zero attached hydrogens (tertiary/aromatic N) is 2. The van der Waals surface area contributed by atoms with E-state index in [1.807, 2.05) is 7.05 Å². The monoisotopic (exact) mass is 458 g/mol. The van der Waals surface area contributed by atoms with Crippen LogP contribution in [0.5, 0.6) is 0 Å². The summed E-state index contributed by atoms with van der Waals surface area (Å²) in [7, 11) is 3.54. The van der Waals surface area contributed by atoms with Gasteiger partial charge in [0.2, 0.25) is 5.91 Å². The standard InChI is InChI=1S/C19H30N4O.HI/c1-14-5-6-17(15(2)11-14)13-22-19(21-4)23-9-7-16(8-10-23)12-18(24)20-3;/h5-6,11,16H,7-10,12-13H2,1-4H3,(H,20,24)(H,21,22);1H. The number of halogens is 1. The van der Waals surface area contributed by atoms with Gasteiger partial charge < -0.3 is 15.5 Å². The first-order valence-corrected chi connectivity index (χ1v) is 8.75. The molecule has 1 aliphatic heterocycles. The molecule has 140 valence electrons. The average Bonchev–Trinajstić information content (AvgIpc) is 2.58. The molecule has 1 amide bonds. The van der Waals surface area contributed by atoms with Gasteiger partial charge in [-0.1, -0.05) is 23.8 Å². The number of aliphatic imine (C=N–C) groups is 1. The van der Waals surface area contributed by atoms with Crippen molar-refractivity contribution in [1.29, 1.82) is 0 Å². The molecule has 2 N–H and O–H groups in total. The van der Waals surface area contributed by atoms with Crippen LogP contribution in [0.3, 0.4) is 0 Å². The molecular weight excluding hydrogens is 427 g/mol. The maximum atomic E-state index is 11.5. The van der Waals surface area contributed by atoms with Crippen LogP contribution in [0, 0.1) is 19.8 Å². The molecule has 0 bridgehead atoms. The minimum Gasteiger partial charge on any atom is -0.359 e. The van der Waals surface area contributed by atoms with Crippen LogP contribution in [0.1, 0.15) is 36.0 Å². The Bertz CT molecular complexity index is 595. The van der Waals surface area contributed by atoms with Crippen molar-refractivity contribution in [3.8, 4) is 0 Å². The molecule has 0 aliphatic carbocycles. The van der Waals surface area contributed by atoms with E-state index in [0.717, 1.165) is 38.4 Å². The summed E-state index contributed by atoms with van der Waals surface area (Å²) in [6, 6.07) is 6.54. The number of nitrogens with one attached hydrogen (secondary N) is 2. The molecule has 1 fully saturated rings. The first-order valence-electron chi connectivity index (χ1n) is 8.75. The number of carbonyl (C=O) groups excluding carboxylic acids is 1. The van der Waals surface area contributed by atoms with Crippen LogP contribution < -0.4 is 10.6 Å². The van der Waals surface area contributed by atoms with Crippen molar-refractivity contribution in [2.24, 2.45) is 10.9 Å². The Morgan fingerprint density at radius 3 is 2.52 bits per heavy atom. The number of aryl methyl sites for hydroxylation is 2. The van der Waals surface area contributed by atoms with Gasteiger partial charge in [-0.3, -0.25) is 9.79 Å². The van der Waals surface area contributed by atoms with Crippen molar-refractivity contribution in [3.05, 3.63) is 34.9 Å². The van der Waals surface area contributed by atoms with E-state index in [4.69, 9.17) is 0 Å². The van der Waals surface area contributed by atoms with Gasteiger partial charge in [0.25, 0.3) is 0 Å². The van der Waals surface area contributed by atoms with E-state index in [2.05, 4.69) is 52.6 Å². The van der Waals surface area contributed by atoms with Crippen LogP contribution in [-0.2, 0) is 11.3 Å². The molecule has 0 unspecified atom stereocenters. The highest BCUT2D eigenvalue weighted by Gasteiger charge is 2.23. The van der Waals surface area contributed by atoms with Crippen LogP contribution in [0.2, 0.25) is 0 Å². The highest BCUT2D eigenvalue weighted by Crippen LogP contribution is 2.20. The minimum atomic E-state index is 0. The summed E-state index contributed by atoms with van der Waals surface area (Å²) in [5, 5.41) is 6.20. The molecule has 6 heteroatoms. The van der Waals surface area contributed by atoms with Crippen molar-refractivity contribution in [1.82, 2.24) is 15.5 Å². The summed E-state index contributed by atoms with van der Waals surface area (Å²) in [5.41, 5.74) is 3.90. The number of hydrogen-bond acceptors (Lipinski definition) is 2. The number of hydrogen-bond donors (Lipinski definition) is 2. The quantitative estimate of drug-likeness (QED) is 0.415. The van der Waals surface area contributed by atoms with Gasteiger partial charge in [-0.05, 0) is 43.7 Å². The van der Waals surface area contributed by atoms with E-state index < -0.39 is 0 Å². The number of carbonyl (C=O) groups is 1. The zero-order valence-corrected chi connectivity index (χ0v) is 18.1. The van der Waals surface area contributed by atoms with Crippen LogP contribution in [0.25, 0.3) is 0 Å². The normalized spacial score (nSPS) is 15.5. The predicted octanol–water partition coefficient (Wildman–Crippen LogP) is 2.84. The Labute approximate surface area is 168 Å². The third-order valence-corrected chi connectivity index (χ3v) is 4.81. The topological polar surface area (TPSA) is 56.7 Å². The van der Waals surface area contributed by atoms with Gasteiger partial charge in [0.05, 0.1) is 0 Å². The lowest BCUT2D eigenvalue weighted by Crippen LogP contribution is -2.45. The number of amides is 1. The average molecular weight is 458 g/mol. The molecule has 25 heavy (non-hydrogen) atoms. The van der Waals surface area contributed by atoms with E-state index in [1.54, 1.807) is 7.05 Å². The van der Waals surface area contributed by atoms with Crippen molar-refractivity contribution in [3.63, 3.8) is 0 Å². The summed E-state index contributed by atoms with van der Waals surface area (Å²) in [5.74, 6) is 1.58. The fraction of sp³-hybridized carbons (Fsp3) is 0.579. The Morgan fingerprint density at radius 1 is 1.28 bits per heavy atom. The van der Waals surface area contributed by atoms with Crippen LogP contribution in [-0.4, -0.2) is 44.0 Å². The van der Waals surface area contributed by atoms with E-state index in [1.165, 1.54) is 16.7 Å². The maximum absolute atomic E-state index is 11.5. The highest BCUT2D eigenvalue weighted by atomic mass is 127. The van der Waals surface area contributed by atoms with Gasteiger partial charge in [-0.2, -0.15) is 0 Å². The van der Waals surface area contributed by atoms with Crippen molar-refractivity contribution < 1.29 is 4.79 Å². The first-order chi connectivity index (χ1) is 11.5. The molecule has 0 atom stereocenters. The molecule has 1 aromatic carbocycles. The van der Waals surface area contributed by atoms with E-state index in [9.17, 15) is 4.79 Å². The Balaban J connectivity index is 0.00000312. The van der Waals surface area contributed by atoms with Gasteiger partial charge in [-0.15, -0.1) is 24.0 Å². The zero-order chi connectivity index (χ0) is 17.5. The highest BCUT2D eigenvalue weighted by molar-refractivity contribution is 14.0. The van der Waals surface area contributed by atoms with Gasteiger partial charge in [0.15, 0.2) is 5.96 Å². The number of benzene rings is 1. The van der Waals surface area contributed by atoms with Crippen LogP contribution in [0.4, 0.5) is 0 Å². The summed E-state index contributed by atoms with van der Waals surface area (Å²) in [6.07, 6.45) is 2.72. The van der Waals surface area contributed by atoms with Crippen molar-refractivity contribution >= 4 is 35.8 Å². The third kappa shape index (κ3) is 6.49. The molecule has 1 saturated heterocycles. The molecule has 1 aliphatic rings. The van der Waals surface area contributed by atoms with Gasteiger partial charge in [-0.25, -0.2) is 0 Å². The van der Waals surface area contributed by atoms with E-state index in [0.29, 0.717) is 12.3 Å². The molecular formula is C19H31IN4O. The zero-order valence-electron chi connectivity index (χ0n) is 15.8. The molecule has 1 heterocycles. The molecule has 0 spiro atoms. The van der Waals surface area contributed by atoms with Crippen LogP contribution in [0.15, 0.2) is 23.2 Å². The Hall–Kier alpha value is -1.31. The second-order valence-electron chi connectivity index (χ2n) is 6.64. The van der Waals surface area contributed by atoms with Crippen molar-refractivity contribution in [2.75, 3.05) is 27.2 Å². The Morgan fingerprint density at radius 2 is 1.96 bits per heavy atom. The fourth-order valence-corrected chi connectivity index (χ4v) is 3.26. The molecule has 0 saturated carbocycles. The summed E-state index contributed by atoms with van der Waals surface area (Å²) >= 11 is 0. The predicted molar refractivity (Wildman–Crippen MR) is 115 cm³/mol. The first kappa shape index (κ1) is 21.7. The molecule has 5 nitrogen and oxygen atoms in total. The minimum absolute atomic E-state index is 0. The summed E-state index contributed by atoms with van der Waals surface area (Å²) in [6.45, 7) is 6.96. The largest absolute Gasteiger partial charge is 0.359 e. The Kier molecular flexibility index (Phi) is 9.24. The third-order valence-electron chi connectivity index (χ3n) is 4.81. The number of piperidine rings is 1. The number of likely N-dealkylation sites (tertiary alicyclic amines) is 1. The van der Waals surface area contributed by atoms with Crippen molar-refractivity contribution in [2.45, 2.75) is 39.7 Å². The van der Waals surface area contributed by atoms with E-state index >= 15 is 0 Å². The van der Waals surface area contributed by atoms with Gasteiger partial charge >= 0.3 is 0 Å². The lowest BCUT2D eigenvalue weighted by atomic mass is 9.93. The second-order valence-corrected chi connectivity index (χ2v) is 6.64. The molecule has 0 radical (unpaired) electrons. The SMILES string of the molecule is CN=C(NCc1ccc(C)cc1C)N1CCC(CC(=O)NC)CC1.I. The number of guanidine groups is 1. The lowest BCUT2D eigenvalue weighted by molar-refractivity contribution is -0.121. The lowest BCUT2D eigenvalue weighted by Gasteiger charge is -2.34. The molecule has 2 rings (SSSR count). The van der Waals surface area contributed by atoms with E-state index in [-0.39, 0.29) is 29.9 Å². The van der Waals surface area contributed by atoms with Gasteiger partial charge in [0.1, 0.15) is 0 Å². The molecule has 1 aromatic rings. The number of rotatable bonds is 4. The summed E-state index contributed by atoms with van der Waals surface area (Å²) < 4.78 is 0. The maximum Gasteiger partial charge on any atom is 0.220 e. The second kappa shape index (κ2) is 10.6. The molecule has 0 aromatic heterocycles.